The van der Waals surface area contributed by atoms with Gasteiger partial charge in [-0.05, 0) is 24.0 Å². The predicted octanol–water partition coefficient (Wildman–Crippen LogP) is 2.29. The predicted molar refractivity (Wildman–Crippen MR) is 78.5 cm³/mol. The molecule has 102 valence electrons. The van der Waals surface area contributed by atoms with Gasteiger partial charge in [0, 0.05) is 19.6 Å². The maximum absolute atomic E-state index is 12.2. The minimum Gasteiger partial charge on any atom is -0.338 e. The van der Waals surface area contributed by atoms with Crippen LogP contribution in [0.5, 0.6) is 0 Å². The van der Waals surface area contributed by atoms with Crippen molar-refractivity contribution in [3.63, 3.8) is 0 Å². The highest BCUT2D eigenvalue weighted by molar-refractivity contribution is 5.80. The third-order valence-electron chi connectivity index (χ3n) is 3.79. The highest BCUT2D eigenvalue weighted by Crippen LogP contribution is 2.23. The van der Waals surface area contributed by atoms with Crippen molar-refractivity contribution in [2.45, 2.75) is 19.8 Å². The van der Waals surface area contributed by atoms with Gasteiger partial charge in [-0.3, -0.25) is 4.79 Å². The van der Waals surface area contributed by atoms with Crippen molar-refractivity contribution >= 4 is 11.5 Å². The zero-order valence-electron chi connectivity index (χ0n) is 11.5. The minimum absolute atomic E-state index is 0.0216. The number of carbonyl (C=O) groups excluding carboxylic acids is 1. The molecule has 2 N–H and O–H groups in total. The van der Waals surface area contributed by atoms with Crippen molar-refractivity contribution in [2.75, 3.05) is 19.6 Å². The summed E-state index contributed by atoms with van der Waals surface area (Å²) in [7, 11) is 0. The van der Waals surface area contributed by atoms with Crippen LogP contribution in [0, 0.1) is 5.92 Å². The third-order valence-corrected chi connectivity index (χ3v) is 3.79. The zero-order chi connectivity index (χ0) is 13.7. The molecule has 19 heavy (non-hydrogen) atoms. The molecular weight excluding hydrogens is 236 g/mol. The molecule has 0 fully saturated rings. The summed E-state index contributed by atoms with van der Waals surface area (Å²) in [6.45, 7) is 3.97. The highest BCUT2D eigenvalue weighted by Gasteiger charge is 2.23. The van der Waals surface area contributed by atoms with E-state index < -0.39 is 0 Å². The Morgan fingerprint density at radius 3 is 2.63 bits per heavy atom. The first-order valence-corrected chi connectivity index (χ1v) is 6.99. The first-order chi connectivity index (χ1) is 9.26. The number of benzene rings is 1. The van der Waals surface area contributed by atoms with Crippen molar-refractivity contribution < 1.29 is 4.79 Å². The summed E-state index contributed by atoms with van der Waals surface area (Å²) in [5, 5.41) is 0. The Labute approximate surface area is 115 Å². The first kappa shape index (κ1) is 13.8. The number of rotatable bonds is 4. The Bertz CT molecular complexity index is 449. The lowest BCUT2D eigenvalue weighted by Gasteiger charge is -2.29. The van der Waals surface area contributed by atoms with Crippen molar-refractivity contribution in [1.29, 1.82) is 0 Å². The van der Waals surface area contributed by atoms with Gasteiger partial charge in [-0.1, -0.05) is 43.3 Å². The number of amides is 1. The average molecular weight is 258 g/mol. The van der Waals surface area contributed by atoms with E-state index in [1.165, 1.54) is 11.1 Å². The van der Waals surface area contributed by atoms with Crippen LogP contribution in [0.2, 0.25) is 0 Å². The summed E-state index contributed by atoms with van der Waals surface area (Å²) in [6, 6.07) is 10.4. The van der Waals surface area contributed by atoms with E-state index >= 15 is 0 Å². The van der Waals surface area contributed by atoms with Gasteiger partial charge in [0.15, 0.2) is 0 Å². The summed E-state index contributed by atoms with van der Waals surface area (Å²) in [5.74, 6) is 0.181. The fraction of sp³-hybridized carbons (Fsp3) is 0.438. The molecule has 1 atom stereocenters. The molecule has 0 aromatic heterocycles. The summed E-state index contributed by atoms with van der Waals surface area (Å²) in [4.78, 5) is 14.1. The van der Waals surface area contributed by atoms with Crippen LogP contribution in [0.3, 0.4) is 0 Å². The van der Waals surface area contributed by atoms with Crippen LogP contribution >= 0.6 is 0 Å². The lowest BCUT2D eigenvalue weighted by Crippen LogP contribution is -2.41. The molecule has 1 unspecified atom stereocenters. The molecule has 0 radical (unpaired) electrons. The molecule has 0 saturated heterocycles. The monoisotopic (exact) mass is 258 g/mol. The number of hydrogen-bond donors (Lipinski definition) is 1. The molecule has 1 aromatic rings. The Morgan fingerprint density at radius 2 is 2.11 bits per heavy atom. The maximum atomic E-state index is 12.2. The number of carbonyl (C=O) groups is 1. The van der Waals surface area contributed by atoms with Crippen molar-refractivity contribution in [3.05, 3.63) is 42.0 Å². The van der Waals surface area contributed by atoms with E-state index in [1.54, 1.807) is 0 Å². The molecular formula is C16H22N2O. The van der Waals surface area contributed by atoms with E-state index in [4.69, 9.17) is 5.73 Å². The molecule has 0 bridgehead atoms. The van der Waals surface area contributed by atoms with Crippen LogP contribution in [0.1, 0.15) is 25.3 Å². The Hall–Kier alpha value is -1.61. The lowest BCUT2D eigenvalue weighted by atomic mass is 9.98. The Morgan fingerprint density at radius 1 is 1.37 bits per heavy atom. The van der Waals surface area contributed by atoms with E-state index in [2.05, 4.69) is 30.3 Å². The van der Waals surface area contributed by atoms with E-state index in [0.29, 0.717) is 13.1 Å². The normalized spacial score (nSPS) is 16.9. The molecule has 2 rings (SSSR count). The fourth-order valence-electron chi connectivity index (χ4n) is 2.48. The summed E-state index contributed by atoms with van der Waals surface area (Å²) in [6.07, 6.45) is 3.91. The number of nitrogens with zero attached hydrogens (tertiary/aromatic N) is 1. The largest absolute Gasteiger partial charge is 0.338 e. The third kappa shape index (κ3) is 3.24. The van der Waals surface area contributed by atoms with Gasteiger partial charge < -0.3 is 10.6 Å². The number of nitrogens with two attached hydrogens (primary N) is 1. The van der Waals surface area contributed by atoms with Gasteiger partial charge in [0.05, 0.1) is 5.92 Å². The minimum atomic E-state index is -0.0216. The average Bonchev–Trinajstić information content (AvgIpc) is 2.49. The summed E-state index contributed by atoms with van der Waals surface area (Å²) < 4.78 is 0. The molecule has 1 aliphatic heterocycles. The second-order valence-corrected chi connectivity index (χ2v) is 4.97. The van der Waals surface area contributed by atoms with Gasteiger partial charge in [-0.2, -0.15) is 0 Å². The molecule has 1 aliphatic rings. The lowest BCUT2D eigenvalue weighted by molar-refractivity contribution is -0.134. The van der Waals surface area contributed by atoms with Gasteiger partial charge >= 0.3 is 0 Å². The highest BCUT2D eigenvalue weighted by atomic mass is 16.2. The standard InChI is InChI=1S/C16H22N2O/c1-2-13(12-17)16(19)18-10-8-15(9-11-18)14-6-4-3-5-7-14/h3-8,13H,2,9-12,17H2,1H3. The van der Waals surface area contributed by atoms with Gasteiger partial charge in [0.2, 0.25) is 5.91 Å². The Balaban J connectivity index is 2.02. The van der Waals surface area contributed by atoms with Gasteiger partial charge in [0.25, 0.3) is 0 Å². The van der Waals surface area contributed by atoms with Crippen LogP contribution < -0.4 is 5.73 Å². The SMILES string of the molecule is CCC(CN)C(=O)N1CC=C(c2ccccc2)CC1. The molecule has 0 aliphatic carbocycles. The maximum Gasteiger partial charge on any atom is 0.227 e. The molecule has 1 amide bonds. The topological polar surface area (TPSA) is 46.3 Å². The smallest absolute Gasteiger partial charge is 0.227 e. The van der Waals surface area contributed by atoms with Crippen LogP contribution in [-0.2, 0) is 4.79 Å². The summed E-state index contributed by atoms with van der Waals surface area (Å²) >= 11 is 0. The summed E-state index contributed by atoms with van der Waals surface area (Å²) in [5.41, 5.74) is 8.25. The van der Waals surface area contributed by atoms with E-state index in [0.717, 1.165) is 19.4 Å². The first-order valence-electron chi connectivity index (χ1n) is 6.99. The van der Waals surface area contributed by atoms with Crippen LogP contribution in [0.25, 0.3) is 5.57 Å². The van der Waals surface area contributed by atoms with Crippen LogP contribution in [0.4, 0.5) is 0 Å². The molecule has 1 heterocycles. The second kappa shape index (κ2) is 6.53. The van der Waals surface area contributed by atoms with Gasteiger partial charge in [0.1, 0.15) is 0 Å². The Kier molecular flexibility index (Phi) is 4.74. The molecule has 3 heteroatoms. The fourth-order valence-corrected chi connectivity index (χ4v) is 2.48. The van der Waals surface area contributed by atoms with E-state index in [-0.39, 0.29) is 11.8 Å². The van der Waals surface area contributed by atoms with E-state index in [1.807, 2.05) is 17.9 Å². The van der Waals surface area contributed by atoms with Gasteiger partial charge in [-0.15, -0.1) is 0 Å². The molecule has 1 aromatic carbocycles. The second-order valence-electron chi connectivity index (χ2n) is 4.97. The van der Waals surface area contributed by atoms with Crippen LogP contribution in [-0.4, -0.2) is 30.4 Å². The van der Waals surface area contributed by atoms with Gasteiger partial charge in [-0.25, -0.2) is 0 Å². The van der Waals surface area contributed by atoms with Crippen molar-refractivity contribution in [3.8, 4) is 0 Å². The van der Waals surface area contributed by atoms with Crippen LogP contribution in [0.15, 0.2) is 36.4 Å². The van der Waals surface area contributed by atoms with Crippen molar-refractivity contribution in [2.24, 2.45) is 11.7 Å². The van der Waals surface area contributed by atoms with Crippen molar-refractivity contribution in [1.82, 2.24) is 4.90 Å². The quantitative estimate of drug-likeness (QED) is 0.900. The molecule has 0 spiro atoms. The zero-order valence-corrected chi connectivity index (χ0v) is 11.5. The van der Waals surface area contributed by atoms with E-state index in [9.17, 15) is 4.79 Å². The number of hydrogen-bond acceptors (Lipinski definition) is 2. The molecule has 3 nitrogen and oxygen atoms in total. The molecule has 0 saturated carbocycles.